The molecule has 72 valence electrons. The first-order valence-corrected chi connectivity index (χ1v) is 4.52. The number of aldehydes is 1. The van der Waals surface area contributed by atoms with Crippen LogP contribution in [0.4, 0.5) is 5.82 Å². The van der Waals surface area contributed by atoms with E-state index in [-0.39, 0.29) is 0 Å². The molecule has 0 saturated heterocycles. The molecule has 1 aromatic heterocycles. The largest absolute Gasteiger partial charge is 0.368 e. The maximum atomic E-state index is 10.5. The minimum atomic E-state index is 0.657. The first-order valence-electron chi connectivity index (χ1n) is 4.52. The Kier molecular flexibility index (Phi) is 2.18. The van der Waals surface area contributed by atoms with Crippen molar-refractivity contribution in [1.82, 2.24) is 10.2 Å². The third-order valence-corrected chi connectivity index (χ3v) is 2.07. The second-order valence-corrected chi connectivity index (χ2v) is 3.03. The number of nitrogens with one attached hydrogen (secondary N) is 2. The maximum Gasteiger partial charge on any atom is 0.155 e. The van der Waals surface area contributed by atoms with Crippen molar-refractivity contribution in [3.05, 3.63) is 23.8 Å². The van der Waals surface area contributed by atoms with Gasteiger partial charge in [0.1, 0.15) is 6.29 Å². The Morgan fingerprint density at radius 1 is 1.57 bits per heavy atom. The minimum absolute atomic E-state index is 0.657. The second-order valence-electron chi connectivity index (χ2n) is 3.03. The maximum absolute atomic E-state index is 10.5. The predicted octanol–water partition coefficient (Wildman–Crippen LogP) is 1.81. The Balaban J connectivity index is 2.53. The van der Waals surface area contributed by atoms with Crippen molar-refractivity contribution in [3.8, 4) is 0 Å². The number of benzene rings is 1. The molecule has 14 heavy (non-hydrogen) atoms. The van der Waals surface area contributed by atoms with E-state index in [1.807, 2.05) is 13.0 Å². The molecule has 0 unspecified atom stereocenters. The van der Waals surface area contributed by atoms with Crippen molar-refractivity contribution in [3.63, 3.8) is 0 Å². The Morgan fingerprint density at radius 2 is 2.43 bits per heavy atom. The van der Waals surface area contributed by atoms with Gasteiger partial charge in [0.05, 0.1) is 5.52 Å². The number of H-pyrrole nitrogens is 1. The van der Waals surface area contributed by atoms with Crippen molar-refractivity contribution in [2.75, 3.05) is 11.9 Å². The summed E-state index contributed by atoms with van der Waals surface area (Å²) in [5.74, 6) is 0.833. The number of aromatic nitrogens is 2. The van der Waals surface area contributed by atoms with Crippen LogP contribution in [0.25, 0.3) is 10.9 Å². The van der Waals surface area contributed by atoms with Gasteiger partial charge in [-0.3, -0.25) is 9.89 Å². The molecule has 2 rings (SSSR count). The molecule has 0 amide bonds. The summed E-state index contributed by atoms with van der Waals surface area (Å²) < 4.78 is 0. The summed E-state index contributed by atoms with van der Waals surface area (Å²) in [6.07, 6.45) is 0.827. The van der Waals surface area contributed by atoms with Crippen LogP contribution >= 0.6 is 0 Å². The zero-order chi connectivity index (χ0) is 9.97. The third-order valence-electron chi connectivity index (χ3n) is 2.07. The number of anilines is 1. The summed E-state index contributed by atoms with van der Waals surface area (Å²) in [6.45, 7) is 2.84. The van der Waals surface area contributed by atoms with Crippen LogP contribution in [-0.4, -0.2) is 23.0 Å². The molecule has 0 aliphatic rings. The monoisotopic (exact) mass is 189 g/mol. The second kappa shape index (κ2) is 3.49. The standard InChI is InChI=1S/C10H11N3O/c1-2-11-10-8-4-3-7(6-14)5-9(8)12-13-10/h3-6H,2H2,1H3,(H2,11,12,13). The SMILES string of the molecule is CCNc1n[nH]c2cc(C=O)ccc12. The van der Waals surface area contributed by atoms with Gasteiger partial charge in [0.25, 0.3) is 0 Å². The molecule has 4 heteroatoms. The molecule has 4 nitrogen and oxygen atoms in total. The fraction of sp³-hybridized carbons (Fsp3) is 0.200. The van der Waals surface area contributed by atoms with Gasteiger partial charge in [-0.2, -0.15) is 5.10 Å². The van der Waals surface area contributed by atoms with E-state index in [2.05, 4.69) is 15.5 Å². The smallest absolute Gasteiger partial charge is 0.155 e. The van der Waals surface area contributed by atoms with Crippen LogP contribution in [0, 0.1) is 0 Å². The molecule has 0 atom stereocenters. The number of rotatable bonds is 3. The lowest BCUT2D eigenvalue weighted by atomic mass is 10.2. The summed E-state index contributed by atoms with van der Waals surface area (Å²) in [4.78, 5) is 10.5. The molecule has 0 radical (unpaired) electrons. The van der Waals surface area contributed by atoms with Gasteiger partial charge in [-0.1, -0.05) is 6.07 Å². The van der Waals surface area contributed by atoms with Crippen molar-refractivity contribution < 1.29 is 4.79 Å². The van der Waals surface area contributed by atoms with Crippen LogP contribution in [0.2, 0.25) is 0 Å². The average Bonchev–Trinajstić information content (AvgIpc) is 2.61. The van der Waals surface area contributed by atoms with E-state index in [1.54, 1.807) is 12.1 Å². The van der Waals surface area contributed by atoms with Gasteiger partial charge in [-0.25, -0.2) is 0 Å². The first-order chi connectivity index (χ1) is 6.85. The highest BCUT2D eigenvalue weighted by Crippen LogP contribution is 2.20. The lowest BCUT2D eigenvalue weighted by molar-refractivity contribution is 0.112. The van der Waals surface area contributed by atoms with Gasteiger partial charge in [-0.05, 0) is 19.1 Å². The Hall–Kier alpha value is -1.84. The fourth-order valence-corrected chi connectivity index (χ4v) is 1.41. The normalized spacial score (nSPS) is 10.4. The van der Waals surface area contributed by atoms with Crippen molar-refractivity contribution in [1.29, 1.82) is 0 Å². The van der Waals surface area contributed by atoms with E-state index < -0.39 is 0 Å². The molecule has 1 heterocycles. The van der Waals surface area contributed by atoms with Crippen LogP contribution in [0.5, 0.6) is 0 Å². The van der Waals surface area contributed by atoms with E-state index in [4.69, 9.17) is 0 Å². The molecule has 1 aromatic carbocycles. The number of hydrogen-bond donors (Lipinski definition) is 2. The quantitative estimate of drug-likeness (QED) is 0.724. The number of hydrogen-bond acceptors (Lipinski definition) is 3. The van der Waals surface area contributed by atoms with Gasteiger partial charge in [-0.15, -0.1) is 0 Å². The zero-order valence-electron chi connectivity index (χ0n) is 7.87. The summed E-state index contributed by atoms with van der Waals surface area (Å²) in [6, 6.07) is 5.46. The van der Waals surface area contributed by atoms with Gasteiger partial charge < -0.3 is 5.32 Å². The number of aromatic amines is 1. The van der Waals surface area contributed by atoms with Gasteiger partial charge in [0, 0.05) is 17.5 Å². The highest BCUT2D eigenvalue weighted by molar-refractivity contribution is 5.93. The summed E-state index contributed by atoms with van der Waals surface area (Å²) in [5, 5.41) is 11.1. The summed E-state index contributed by atoms with van der Waals surface area (Å²) in [5.41, 5.74) is 1.54. The molecule has 2 N–H and O–H groups in total. The summed E-state index contributed by atoms with van der Waals surface area (Å²) >= 11 is 0. The molecule has 0 aliphatic carbocycles. The van der Waals surface area contributed by atoms with Gasteiger partial charge in [0.2, 0.25) is 0 Å². The number of carbonyl (C=O) groups excluding carboxylic acids is 1. The van der Waals surface area contributed by atoms with Crippen molar-refractivity contribution in [2.45, 2.75) is 6.92 Å². The number of nitrogens with zero attached hydrogens (tertiary/aromatic N) is 1. The van der Waals surface area contributed by atoms with E-state index in [1.165, 1.54) is 0 Å². The van der Waals surface area contributed by atoms with E-state index in [0.29, 0.717) is 5.56 Å². The van der Waals surface area contributed by atoms with Gasteiger partial charge in [0.15, 0.2) is 5.82 Å². The highest BCUT2D eigenvalue weighted by atomic mass is 16.1. The highest BCUT2D eigenvalue weighted by Gasteiger charge is 2.04. The molecular formula is C10H11N3O. The Morgan fingerprint density at radius 3 is 3.14 bits per heavy atom. The molecule has 0 aliphatic heterocycles. The lowest BCUT2D eigenvalue weighted by Gasteiger charge is -1.97. The first kappa shape index (κ1) is 8.74. The Bertz CT molecular complexity index is 461. The minimum Gasteiger partial charge on any atom is -0.368 e. The number of fused-ring (bicyclic) bond motifs is 1. The van der Waals surface area contributed by atoms with E-state index in [0.717, 1.165) is 29.6 Å². The third kappa shape index (κ3) is 1.35. The van der Waals surface area contributed by atoms with Crippen molar-refractivity contribution in [2.24, 2.45) is 0 Å². The lowest BCUT2D eigenvalue weighted by Crippen LogP contribution is -1.96. The average molecular weight is 189 g/mol. The molecule has 0 bridgehead atoms. The van der Waals surface area contributed by atoms with Crippen LogP contribution < -0.4 is 5.32 Å². The Labute approximate surface area is 81.3 Å². The van der Waals surface area contributed by atoms with E-state index in [9.17, 15) is 4.79 Å². The number of carbonyl (C=O) groups is 1. The molecule has 0 fully saturated rings. The van der Waals surface area contributed by atoms with Crippen LogP contribution in [0.3, 0.4) is 0 Å². The van der Waals surface area contributed by atoms with Gasteiger partial charge >= 0.3 is 0 Å². The zero-order valence-corrected chi connectivity index (χ0v) is 7.87. The van der Waals surface area contributed by atoms with E-state index >= 15 is 0 Å². The van der Waals surface area contributed by atoms with Crippen LogP contribution in [0.15, 0.2) is 18.2 Å². The van der Waals surface area contributed by atoms with Crippen molar-refractivity contribution >= 4 is 23.0 Å². The summed E-state index contributed by atoms with van der Waals surface area (Å²) in [7, 11) is 0. The fourth-order valence-electron chi connectivity index (χ4n) is 1.41. The topological polar surface area (TPSA) is 57.8 Å². The van der Waals surface area contributed by atoms with Crippen LogP contribution in [0.1, 0.15) is 17.3 Å². The molecule has 2 aromatic rings. The molecule has 0 saturated carbocycles. The predicted molar refractivity (Wildman–Crippen MR) is 55.6 cm³/mol. The molecule has 0 spiro atoms. The van der Waals surface area contributed by atoms with Crippen LogP contribution in [-0.2, 0) is 0 Å². The molecular weight excluding hydrogens is 178 g/mol.